The molecular weight excluding hydrogens is 284 g/mol. The minimum absolute atomic E-state index is 0.0541. The van der Waals surface area contributed by atoms with Crippen molar-refractivity contribution in [3.8, 4) is 17.1 Å². The van der Waals surface area contributed by atoms with E-state index in [2.05, 4.69) is 5.16 Å². The van der Waals surface area contributed by atoms with Gasteiger partial charge in [-0.2, -0.15) is 0 Å². The maximum atomic E-state index is 13.7. The molecule has 1 aromatic carbocycles. The molecule has 1 heterocycles. The number of alkyl halides is 2. The highest BCUT2D eigenvalue weighted by molar-refractivity contribution is 5.87. The largest absolute Gasteiger partial charge is 0.495 e. The van der Waals surface area contributed by atoms with Crippen molar-refractivity contribution in [3.63, 3.8) is 0 Å². The number of ether oxygens (including phenoxy) is 1. The van der Waals surface area contributed by atoms with Crippen LogP contribution in [0.5, 0.6) is 5.75 Å². The molecule has 1 aromatic heterocycles. The van der Waals surface area contributed by atoms with Crippen molar-refractivity contribution in [2.24, 2.45) is 0 Å². The molecule has 0 aliphatic heterocycles. The lowest BCUT2D eigenvalue weighted by Gasteiger charge is -2.18. The number of hydrogen-bond acceptors (Lipinski definition) is 4. The normalized spacial score (nSPS) is 11.5. The molecule has 0 amide bonds. The third kappa shape index (κ3) is 2.86. The van der Waals surface area contributed by atoms with Crippen LogP contribution in [-0.2, 0) is 5.92 Å². The fourth-order valence-corrected chi connectivity index (χ4v) is 2.01. The Morgan fingerprint density at radius 3 is 2.52 bits per heavy atom. The van der Waals surface area contributed by atoms with E-state index in [-0.39, 0.29) is 28.3 Å². The second kappa shape index (κ2) is 5.16. The highest BCUT2D eigenvalue weighted by atomic mass is 19.3. The zero-order valence-corrected chi connectivity index (χ0v) is 11.6. The third-order valence-corrected chi connectivity index (χ3v) is 2.91. The lowest BCUT2D eigenvalue weighted by Crippen LogP contribution is -2.10. The Morgan fingerprint density at radius 2 is 2.05 bits per heavy atom. The van der Waals surface area contributed by atoms with Crippen LogP contribution in [0.1, 0.15) is 28.5 Å². The van der Waals surface area contributed by atoms with Crippen LogP contribution in [0.2, 0.25) is 0 Å². The summed E-state index contributed by atoms with van der Waals surface area (Å²) in [4.78, 5) is 10.8. The smallest absolute Gasteiger partial charge is 0.358 e. The van der Waals surface area contributed by atoms with Crippen molar-refractivity contribution >= 4 is 5.97 Å². The topological polar surface area (TPSA) is 72.6 Å². The Bertz CT molecular complexity index is 689. The number of methoxy groups -OCH3 is 1. The van der Waals surface area contributed by atoms with E-state index in [0.717, 1.165) is 13.0 Å². The van der Waals surface area contributed by atoms with Crippen molar-refractivity contribution in [2.75, 3.05) is 7.11 Å². The molecule has 112 valence electrons. The molecule has 1 N–H and O–H groups in total. The first-order valence-corrected chi connectivity index (χ1v) is 6.01. The first-order valence-electron chi connectivity index (χ1n) is 6.01. The number of rotatable bonds is 4. The van der Waals surface area contributed by atoms with Crippen LogP contribution in [0.4, 0.5) is 8.78 Å². The van der Waals surface area contributed by atoms with Crippen LogP contribution in [0.3, 0.4) is 0 Å². The lowest BCUT2D eigenvalue weighted by molar-refractivity contribution is 0.0150. The van der Waals surface area contributed by atoms with E-state index in [1.807, 2.05) is 0 Å². The van der Waals surface area contributed by atoms with Crippen molar-refractivity contribution in [3.05, 3.63) is 35.0 Å². The van der Waals surface area contributed by atoms with Crippen molar-refractivity contribution in [2.45, 2.75) is 19.8 Å². The summed E-state index contributed by atoms with van der Waals surface area (Å²) >= 11 is 0. The average molecular weight is 297 g/mol. The van der Waals surface area contributed by atoms with E-state index < -0.39 is 11.9 Å². The molecule has 21 heavy (non-hydrogen) atoms. The van der Waals surface area contributed by atoms with Gasteiger partial charge < -0.3 is 14.4 Å². The molecule has 0 saturated heterocycles. The second-order valence-corrected chi connectivity index (χ2v) is 4.66. The average Bonchev–Trinajstić information content (AvgIpc) is 2.86. The van der Waals surface area contributed by atoms with E-state index in [1.165, 1.54) is 13.2 Å². The molecule has 0 aliphatic carbocycles. The summed E-state index contributed by atoms with van der Waals surface area (Å²) < 4.78 is 37.4. The Hall–Kier alpha value is -2.44. The van der Waals surface area contributed by atoms with E-state index in [4.69, 9.17) is 14.4 Å². The third-order valence-electron chi connectivity index (χ3n) is 2.91. The predicted octanol–water partition coefficient (Wildman–Crippen LogP) is 3.47. The molecule has 0 bridgehead atoms. The lowest BCUT2D eigenvalue weighted by atomic mass is 9.99. The van der Waals surface area contributed by atoms with Crippen molar-refractivity contribution < 1.29 is 27.9 Å². The summed E-state index contributed by atoms with van der Waals surface area (Å²) in [6.07, 6.45) is 0. The van der Waals surface area contributed by atoms with Gasteiger partial charge in [0.05, 0.1) is 18.2 Å². The number of carboxylic acid groups (broad SMARTS) is 1. The number of carbonyl (C=O) groups is 1. The maximum Gasteiger partial charge on any atom is 0.358 e. The predicted molar refractivity (Wildman–Crippen MR) is 69.8 cm³/mol. The van der Waals surface area contributed by atoms with Crippen molar-refractivity contribution in [1.82, 2.24) is 5.16 Å². The van der Waals surface area contributed by atoms with Crippen LogP contribution < -0.4 is 4.74 Å². The molecule has 7 heteroatoms. The van der Waals surface area contributed by atoms with Gasteiger partial charge in [-0.05, 0) is 24.6 Å². The maximum absolute atomic E-state index is 13.7. The molecule has 0 aliphatic rings. The minimum Gasteiger partial charge on any atom is -0.495 e. The zero-order valence-electron chi connectivity index (χ0n) is 11.6. The molecule has 2 aromatic rings. The first-order chi connectivity index (χ1) is 9.74. The van der Waals surface area contributed by atoms with Gasteiger partial charge in [-0.1, -0.05) is 5.16 Å². The molecular formula is C14H13F2NO4. The number of benzene rings is 1. The Morgan fingerprint density at radius 1 is 1.38 bits per heavy atom. The summed E-state index contributed by atoms with van der Waals surface area (Å²) in [5.74, 6) is -4.39. The summed E-state index contributed by atoms with van der Waals surface area (Å²) in [6.45, 7) is 2.41. The number of hydrogen-bond donors (Lipinski definition) is 1. The zero-order chi connectivity index (χ0) is 15.8. The SMILES string of the molecule is COc1c(-c2cc(C(=O)O)no2)cc(C)cc1C(C)(F)F. The standard InChI is InChI=1S/C14H13F2NO4/c1-7-4-8(11-6-10(13(18)19)17-21-11)12(20-3)9(5-7)14(2,15)16/h4-6H,1-3H3,(H,18,19). The molecule has 0 unspecified atom stereocenters. The number of nitrogens with zero attached hydrogens (tertiary/aromatic N) is 1. The number of aryl methyl sites for hydroxylation is 1. The molecule has 2 rings (SSSR count). The van der Waals surface area contributed by atoms with Crippen LogP contribution in [-0.4, -0.2) is 23.3 Å². The van der Waals surface area contributed by atoms with E-state index in [9.17, 15) is 13.6 Å². The molecule has 0 spiro atoms. The van der Waals surface area contributed by atoms with Crippen molar-refractivity contribution in [1.29, 1.82) is 0 Å². The first kappa shape index (κ1) is 15.0. The monoisotopic (exact) mass is 297 g/mol. The van der Waals surface area contributed by atoms with Gasteiger partial charge in [-0.3, -0.25) is 0 Å². The van der Waals surface area contributed by atoms with Gasteiger partial charge in [0.1, 0.15) is 5.75 Å². The Kier molecular flexibility index (Phi) is 3.67. The number of aromatic nitrogens is 1. The number of aromatic carboxylic acids is 1. The minimum atomic E-state index is -3.11. The van der Waals surface area contributed by atoms with E-state index in [1.54, 1.807) is 13.0 Å². The van der Waals surface area contributed by atoms with Gasteiger partial charge in [0.2, 0.25) is 0 Å². The fraction of sp³-hybridized carbons (Fsp3) is 0.286. The van der Waals surface area contributed by atoms with Crippen LogP contribution >= 0.6 is 0 Å². The summed E-state index contributed by atoms with van der Waals surface area (Å²) in [7, 11) is 1.26. The molecule has 5 nitrogen and oxygen atoms in total. The molecule has 0 radical (unpaired) electrons. The summed E-state index contributed by atoms with van der Waals surface area (Å²) in [6, 6.07) is 4.05. The molecule has 0 atom stereocenters. The highest BCUT2D eigenvalue weighted by Gasteiger charge is 2.31. The van der Waals surface area contributed by atoms with E-state index >= 15 is 0 Å². The Labute approximate surface area is 119 Å². The van der Waals surface area contributed by atoms with Gasteiger partial charge >= 0.3 is 5.97 Å². The van der Waals surface area contributed by atoms with Gasteiger partial charge in [0, 0.05) is 13.0 Å². The molecule has 0 saturated carbocycles. The van der Waals surface area contributed by atoms with Crippen LogP contribution in [0.15, 0.2) is 22.7 Å². The second-order valence-electron chi connectivity index (χ2n) is 4.66. The number of halogens is 2. The highest BCUT2D eigenvalue weighted by Crippen LogP contribution is 2.41. The van der Waals surface area contributed by atoms with Gasteiger partial charge in [-0.15, -0.1) is 0 Å². The summed E-state index contributed by atoms with van der Waals surface area (Å²) in [5.41, 5.74) is 0.191. The van der Waals surface area contributed by atoms with Gasteiger partial charge in [0.25, 0.3) is 5.92 Å². The molecule has 0 fully saturated rings. The Balaban J connectivity index is 2.67. The quantitative estimate of drug-likeness (QED) is 0.935. The van der Waals surface area contributed by atoms with Crippen LogP contribution in [0.25, 0.3) is 11.3 Å². The van der Waals surface area contributed by atoms with Gasteiger partial charge in [0.15, 0.2) is 11.5 Å². The number of carboxylic acids is 1. The van der Waals surface area contributed by atoms with Crippen LogP contribution in [0, 0.1) is 6.92 Å². The van der Waals surface area contributed by atoms with Gasteiger partial charge in [-0.25, -0.2) is 13.6 Å². The van der Waals surface area contributed by atoms with E-state index in [0.29, 0.717) is 5.56 Å². The fourth-order valence-electron chi connectivity index (χ4n) is 2.01. The summed E-state index contributed by atoms with van der Waals surface area (Å²) in [5, 5.41) is 12.2.